The van der Waals surface area contributed by atoms with Crippen molar-refractivity contribution in [2.45, 2.75) is 73.0 Å². The second-order valence-electron chi connectivity index (χ2n) is 7.10. The van der Waals surface area contributed by atoms with E-state index < -0.39 is 11.9 Å². The molecule has 0 aromatic rings. The molecule has 166 valence electrons. The van der Waals surface area contributed by atoms with Crippen LogP contribution in [0.5, 0.6) is 0 Å². The van der Waals surface area contributed by atoms with Gasteiger partial charge in [0.15, 0.2) is 0 Å². The molecule has 0 bridgehead atoms. The van der Waals surface area contributed by atoms with Gasteiger partial charge < -0.3 is 9.80 Å². The fraction of sp³-hybridized carbons (Fsp3) is 0.636. The van der Waals surface area contributed by atoms with Crippen molar-refractivity contribution in [3.8, 4) is 0 Å². The maximum Gasteiger partial charge on any atom is 0.432 e. The number of allylic oxidation sites excluding steroid dienone is 3. The molecule has 0 aliphatic heterocycles. The number of carbonyl (C=O) groups is 1. The van der Waals surface area contributed by atoms with E-state index in [1.54, 1.807) is 11.8 Å². The highest BCUT2D eigenvalue weighted by Crippen LogP contribution is 2.26. The van der Waals surface area contributed by atoms with Crippen molar-refractivity contribution in [3.63, 3.8) is 0 Å². The Labute approximate surface area is 173 Å². The molecule has 1 amide bonds. The summed E-state index contributed by atoms with van der Waals surface area (Å²) >= 11 is 0. The summed E-state index contributed by atoms with van der Waals surface area (Å²) < 4.78 is 39.5. The minimum Gasteiger partial charge on any atom is -0.349 e. The monoisotopic (exact) mass is 415 g/mol. The van der Waals surface area contributed by atoms with E-state index >= 15 is 0 Å². The first-order valence-corrected chi connectivity index (χ1v) is 10.1. The Morgan fingerprint density at radius 1 is 1.21 bits per heavy atom. The van der Waals surface area contributed by atoms with Crippen LogP contribution in [0.2, 0.25) is 0 Å². The largest absolute Gasteiger partial charge is 0.432 e. The van der Waals surface area contributed by atoms with Crippen LogP contribution in [0.1, 0.15) is 60.8 Å². The average molecular weight is 416 g/mol. The van der Waals surface area contributed by atoms with E-state index in [1.165, 1.54) is 0 Å². The van der Waals surface area contributed by atoms with Crippen LogP contribution < -0.4 is 0 Å². The number of halogens is 3. The maximum atomic E-state index is 13.2. The van der Waals surface area contributed by atoms with Gasteiger partial charge in [-0.05, 0) is 57.3 Å². The Bertz CT molecular complexity index is 648. The van der Waals surface area contributed by atoms with Crippen LogP contribution in [-0.4, -0.2) is 54.3 Å². The summed E-state index contributed by atoms with van der Waals surface area (Å²) in [6.45, 7) is 16.5. The number of carbonyl (C=O) groups excluding carboxylic acids is 1. The molecule has 0 aromatic carbocycles. The highest BCUT2D eigenvalue weighted by Gasteiger charge is 2.34. The van der Waals surface area contributed by atoms with Crippen molar-refractivity contribution >= 4 is 12.1 Å². The Hall–Kier alpha value is -2.05. The van der Waals surface area contributed by atoms with Crippen molar-refractivity contribution in [1.29, 1.82) is 0 Å². The standard InChI is InChI=1S/C22H36F3N3O/c1-9-12-28(18(6)13-21(26-8)22(23,24)25)19(7)20(16(4)10-2)14-27(15-29)17(5)11-3/h13,15,17H,4,9-12,14H2,1-3,5-8H3/b18-13+,20-19-,26-21+. The van der Waals surface area contributed by atoms with Gasteiger partial charge in [-0.3, -0.25) is 9.79 Å². The Morgan fingerprint density at radius 3 is 2.17 bits per heavy atom. The zero-order valence-electron chi connectivity index (χ0n) is 18.9. The third kappa shape index (κ3) is 8.07. The summed E-state index contributed by atoms with van der Waals surface area (Å²) in [5, 5.41) is 0. The molecule has 0 aliphatic carbocycles. The van der Waals surface area contributed by atoms with Gasteiger partial charge in [0.1, 0.15) is 5.71 Å². The minimum absolute atomic E-state index is 0.0558. The fourth-order valence-corrected chi connectivity index (χ4v) is 2.95. The summed E-state index contributed by atoms with van der Waals surface area (Å²) in [6.07, 6.45) is -0.371. The van der Waals surface area contributed by atoms with Crippen LogP contribution in [0.15, 0.2) is 40.2 Å². The van der Waals surface area contributed by atoms with Crippen LogP contribution in [0, 0.1) is 0 Å². The van der Waals surface area contributed by atoms with E-state index in [0.717, 1.165) is 49.2 Å². The SMILES string of the molecule is C=C(CC)/C(CN(C=O)C(C)CC)=C(/C)N(CCC)/C(C)=C/C(=N\C)C(F)(F)F. The number of alkyl halides is 3. The van der Waals surface area contributed by atoms with E-state index in [-0.39, 0.29) is 6.04 Å². The summed E-state index contributed by atoms with van der Waals surface area (Å²) in [5.74, 6) is 0. The fourth-order valence-electron chi connectivity index (χ4n) is 2.95. The van der Waals surface area contributed by atoms with Crippen LogP contribution in [0.25, 0.3) is 0 Å². The third-order valence-electron chi connectivity index (χ3n) is 5.08. The lowest BCUT2D eigenvalue weighted by molar-refractivity contribution is -0.119. The van der Waals surface area contributed by atoms with Crippen molar-refractivity contribution < 1.29 is 18.0 Å². The molecule has 0 aliphatic rings. The number of rotatable bonds is 12. The van der Waals surface area contributed by atoms with Gasteiger partial charge in [-0.25, -0.2) is 0 Å². The van der Waals surface area contributed by atoms with Crippen LogP contribution >= 0.6 is 0 Å². The summed E-state index contributed by atoms with van der Waals surface area (Å²) in [7, 11) is 1.14. The Morgan fingerprint density at radius 2 is 1.79 bits per heavy atom. The molecule has 1 atom stereocenters. The molecular weight excluding hydrogens is 379 g/mol. The molecular formula is C22H36F3N3O. The predicted octanol–water partition coefficient (Wildman–Crippen LogP) is 5.73. The van der Waals surface area contributed by atoms with Gasteiger partial charge in [-0.15, -0.1) is 0 Å². The minimum atomic E-state index is -4.51. The van der Waals surface area contributed by atoms with Crippen molar-refractivity contribution in [1.82, 2.24) is 9.80 Å². The number of hydrogen-bond acceptors (Lipinski definition) is 3. The first-order valence-electron chi connectivity index (χ1n) is 10.1. The Kier molecular flexibility index (Phi) is 11.6. The molecule has 0 rings (SSSR count). The van der Waals surface area contributed by atoms with Crippen molar-refractivity contribution in [3.05, 3.63) is 35.2 Å². The lowest BCUT2D eigenvalue weighted by atomic mass is 10.0. The summed E-state index contributed by atoms with van der Waals surface area (Å²) in [4.78, 5) is 18.6. The van der Waals surface area contributed by atoms with Gasteiger partial charge in [0.25, 0.3) is 0 Å². The quantitative estimate of drug-likeness (QED) is 0.232. The molecule has 1 unspecified atom stereocenters. The zero-order chi connectivity index (χ0) is 22.8. The van der Waals surface area contributed by atoms with Gasteiger partial charge in [-0.1, -0.05) is 27.4 Å². The molecule has 0 spiro atoms. The van der Waals surface area contributed by atoms with Gasteiger partial charge in [0.05, 0.1) is 0 Å². The number of hydrogen-bond donors (Lipinski definition) is 0. The number of amides is 1. The summed E-state index contributed by atoms with van der Waals surface area (Å²) in [6, 6.07) is 0.0558. The van der Waals surface area contributed by atoms with Crippen LogP contribution in [0.3, 0.4) is 0 Å². The second kappa shape index (κ2) is 12.5. The van der Waals surface area contributed by atoms with Gasteiger partial charge >= 0.3 is 6.18 Å². The Balaban J connectivity index is 6.31. The molecule has 0 aromatic heterocycles. The highest BCUT2D eigenvalue weighted by atomic mass is 19.4. The summed E-state index contributed by atoms with van der Waals surface area (Å²) in [5.41, 5.74) is 2.08. The van der Waals surface area contributed by atoms with Crippen molar-refractivity contribution in [2.75, 3.05) is 20.1 Å². The average Bonchev–Trinajstić information content (AvgIpc) is 2.68. The highest BCUT2D eigenvalue weighted by molar-refractivity contribution is 5.99. The molecule has 0 radical (unpaired) electrons. The molecule has 4 nitrogen and oxygen atoms in total. The zero-order valence-corrected chi connectivity index (χ0v) is 18.9. The molecule has 0 saturated carbocycles. The molecule has 0 N–H and O–H groups in total. The number of nitrogens with zero attached hydrogens (tertiary/aromatic N) is 3. The smallest absolute Gasteiger partial charge is 0.349 e. The van der Waals surface area contributed by atoms with Crippen LogP contribution in [-0.2, 0) is 4.79 Å². The maximum absolute atomic E-state index is 13.2. The van der Waals surface area contributed by atoms with Gasteiger partial charge in [0, 0.05) is 37.6 Å². The second-order valence-corrected chi connectivity index (χ2v) is 7.10. The molecule has 0 heterocycles. The first kappa shape index (κ1) is 27.0. The van der Waals surface area contributed by atoms with Crippen molar-refractivity contribution in [2.24, 2.45) is 4.99 Å². The van der Waals surface area contributed by atoms with E-state index in [2.05, 4.69) is 11.6 Å². The predicted molar refractivity (Wildman–Crippen MR) is 115 cm³/mol. The normalized spacial score (nSPS) is 15.0. The lowest BCUT2D eigenvalue weighted by Gasteiger charge is -2.32. The molecule has 7 heteroatoms. The van der Waals surface area contributed by atoms with E-state index in [9.17, 15) is 18.0 Å². The van der Waals surface area contributed by atoms with E-state index in [1.807, 2.05) is 39.5 Å². The van der Waals surface area contributed by atoms with Gasteiger partial charge in [-0.2, -0.15) is 13.2 Å². The van der Waals surface area contributed by atoms with Gasteiger partial charge in [0.2, 0.25) is 6.41 Å². The van der Waals surface area contributed by atoms with Crippen LogP contribution in [0.4, 0.5) is 13.2 Å². The molecule has 0 fully saturated rings. The van der Waals surface area contributed by atoms with E-state index in [4.69, 9.17) is 0 Å². The topological polar surface area (TPSA) is 35.9 Å². The molecule has 0 saturated heterocycles. The number of aliphatic imine (C=N–C) groups is 1. The first-order chi connectivity index (χ1) is 13.5. The molecule has 29 heavy (non-hydrogen) atoms. The van der Waals surface area contributed by atoms with E-state index in [0.29, 0.717) is 25.2 Å². The third-order valence-corrected chi connectivity index (χ3v) is 5.08. The lowest BCUT2D eigenvalue weighted by Crippen LogP contribution is -2.35.